The van der Waals surface area contributed by atoms with E-state index in [4.69, 9.17) is 4.98 Å². The highest BCUT2D eigenvalue weighted by Gasteiger charge is 2.24. The van der Waals surface area contributed by atoms with E-state index in [-0.39, 0.29) is 5.91 Å². The van der Waals surface area contributed by atoms with Crippen molar-refractivity contribution in [2.24, 2.45) is 0 Å². The average Bonchev–Trinajstić information content (AvgIpc) is 2.93. The molecule has 1 aromatic carbocycles. The normalized spacial score (nSPS) is 13.7. The number of hydrogen-bond donors (Lipinski definition) is 1. The molecule has 0 aliphatic carbocycles. The Labute approximate surface area is 137 Å². The third-order valence-corrected chi connectivity index (χ3v) is 4.56. The van der Waals surface area contributed by atoms with Crippen molar-refractivity contribution in [1.29, 1.82) is 0 Å². The van der Waals surface area contributed by atoms with Gasteiger partial charge in [0.05, 0.1) is 17.7 Å². The van der Waals surface area contributed by atoms with Crippen molar-refractivity contribution in [3.8, 4) is 0 Å². The van der Waals surface area contributed by atoms with E-state index < -0.39 is 0 Å². The van der Waals surface area contributed by atoms with Crippen molar-refractivity contribution in [1.82, 2.24) is 9.88 Å². The smallest absolute Gasteiger partial charge is 0.238 e. The summed E-state index contributed by atoms with van der Waals surface area (Å²) < 4.78 is 0. The molecule has 5 nitrogen and oxygen atoms in total. The SMILES string of the molecule is CCN(CC)CC(=O)Nc1c2c(nc3ccccc13)N(C)CC2. The van der Waals surface area contributed by atoms with Crippen LogP contribution in [0.4, 0.5) is 11.5 Å². The fourth-order valence-electron chi connectivity index (χ4n) is 3.15. The molecule has 0 fully saturated rings. The zero-order chi connectivity index (χ0) is 16.4. The molecule has 1 aliphatic heterocycles. The van der Waals surface area contributed by atoms with Crippen LogP contribution in [0.3, 0.4) is 0 Å². The van der Waals surface area contributed by atoms with Gasteiger partial charge in [-0.25, -0.2) is 4.98 Å². The van der Waals surface area contributed by atoms with Gasteiger partial charge in [0.15, 0.2) is 0 Å². The molecule has 1 aromatic heterocycles. The van der Waals surface area contributed by atoms with Gasteiger partial charge in [-0.15, -0.1) is 0 Å². The van der Waals surface area contributed by atoms with E-state index >= 15 is 0 Å². The maximum absolute atomic E-state index is 12.5. The number of benzene rings is 1. The number of aromatic nitrogens is 1. The van der Waals surface area contributed by atoms with Crippen LogP contribution in [0.25, 0.3) is 10.9 Å². The number of rotatable bonds is 5. The molecule has 0 saturated carbocycles. The van der Waals surface area contributed by atoms with Gasteiger partial charge in [0.1, 0.15) is 5.82 Å². The molecule has 23 heavy (non-hydrogen) atoms. The number of amides is 1. The lowest BCUT2D eigenvalue weighted by Gasteiger charge is -2.19. The van der Waals surface area contributed by atoms with E-state index in [1.165, 1.54) is 0 Å². The largest absolute Gasteiger partial charge is 0.359 e. The van der Waals surface area contributed by atoms with Crippen LogP contribution in [0, 0.1) is 0 Å². The predicted molar refractivity (Wildman–Crippen MR) is 95.1 cm³/mol. The molecule has 122 valence electrons. The average molecular weight is 312 g/mol. The topological polar surface area (TPSA) is 48.5 Å². The summed E-state index contributed by atoms with van der Waals surface area (Å²) in [6, 6.07) is 8.02. The number of nitrogens with zero attached hydrogens (tertiary/aromatic N) is 3. The fraction of sp³-hybridized carbons (Fsp3) is 0.444. The highest BCUT2D eigenvalue weighted by Crippen LogP contribution is 2.36. The molecule has 0 radical (unpaired) electrons. The molecule has 1 aliphatic rings. The summed E-state index contributed by atoms with van der Waals surface area (Å²) in [4.78, 5) is 21.5. The summed E-state index contributed by atoms with van der Waals surface area (Å²) in [5.41, 5.74) is 3.02. The van der Waals surface area contributed by atoms with Gasteiger partial charge in [0.2, 0.25) is 5.91 Å². The number of nitrogens with one attached hydrogen (secondary N) is 1. The van der Waals surface area contributed by atoms with Crippen LogP contribution in [0.2, 0.25) is 0 Å². The minimum atomic E-state index is 0.0433. The van der Waals surface area contributed by atoms with Crippen molar-refractivity contribution in [3.63, 3.8) is 0 Å². The van der Waals surface area contributed by atoms with E-state index in [1.54, 1.807) is 0 Å². The Morgan fingerprint density at radius 1 is 1.30 bits per heavy atom. The lowest BCUT2D eigenvalue weighted by molar-refractivity contribution is -0.117. The first kappa shape index (κ1) is 15.7. The van der Waals surface area contributed by atoms with Crippen LogP contribution < -0.4 is 10.2 Å². The van der Waals surface area contributed by atoms with Gasteiger partial charge < -0.3 is 10.2 Å². The first-order chi connectivity index (χ1) is 11.1. The van der Waals surface area contributed by atoms with Crippen molar-refractivity contribution >= 4 is 28.3 Å². The van der Waals surface area contributed by atoms with Gasteiger partial charge >= 0.3 is 0 Å². The number of likely N-dealkylation sites (N-methyl/N-ethyl adjacent to an activating group) is 2. The molecule has 3 rings (SSSR count). The standard InChI is InChI=1S/C18H24N4O/c1-4-22(5-2)12-16(23)20-17-13-8-6-7-9-15(13)19-18-14(17)10-11-21(18)3/h6-9H,4-5,10-12H2,1-3H3,(H,19,20,23). The van der Waals surface area contributed by atoms with Crippen LogP contribution in [0.5, 0.6) is 0 Å². The summed E-state index contributed by atoms with van der Waals surface area (Å²) in [6.45, 7) is 7.27. The number of pyridine rings is 1. The minimum absolute atomic E-state index is 0.0433. The number of hydrogen-bond acceptors (Lipinski definition) is 4. The second kappa shape index (κ2) is 6.54. The Bertz CT molecular complexity index is 724. The quantitative estimate of drug-likeness (QED) is 0.921. The van der Waals surface area contributed by atoms with Crippen molar-refractivity contribution in [3.05, 3.63) is 29.8 Å². The van der Waals surface area contributed by atoms with Gasteiger partial charge in [-0.1, -0.05) is 32.0 Å². The van der Waals surface area contributed by atoms with E-state index in [0.29, 0.717) is 6.54 Å². The molecule has 5 heteroatoms. The molecular formula is C18H24N4O. The first-order valence-corrected chi connectivity index (χ1v) is 8.29. The van der Waals surface area contributed by atoms with E-state index in [9.17, 15) is 4.79 Å². The molecule has 1 amide bonds. The van der Waals surface area contributed by atoms with Crippen LogP contribution in [0.1, 0.15) is 19.4 Å². The van der Waals surface area contributed by atoms with E-state index in [2.05, 4.69) is 36.0 Å². The third kappa shape index (κ3) is 3.01. The summed E-state index contributed by atoms with van der Waals surface area (Å²) >= 11 is 0. The molecule has 0 saturated heterocycles. The molecule has 2 heterocycles. The fourth-order valence-corrected chi connectivity index (χ4v) is 3.15. The van der Waals surface area contributed by atoms with Gasteiger partial charge in [-0.05, 0) is 25.6 Å². The first-order valence-electron chi connectivity index (χ1n) is 8.29. The Kier molecular flexibility index (Phi) is 4.48. The lowest BCUT2D eigenvalue weighted by Crippen LogP contribution is -2.33. The molecular weight excluding hydrogens is 288 g/mol. The Morgan fingerprint density at radius 2 is 2.04 bits per heavy atom. The van der Waals surface area contributed by atoms with Crippen molar-refractivity contribution < 1.29 is 4.79 Å². The van der Waals surface area contributed by atoms with Crippen molar-refractivity contribution in [2.45, 2.75) is 20.3 Å². The Morgan fingerprint density at radius 3 is 2.78 bits per heavy atom. The maximum Gasteiger partial charge on any atom is 0.238 e. The predicted octanol–water partition coefficient (Wildman–Crippen LogP) is 2.51. The number of fused-ring (bicyclic) bond motifs is 2. The highest BCUT2D eigenvalue weighted by molar-refractivity contribution is 6.04. The zero-order valence-electron chi connectivity index (χ0n) is 14.1. The summed E-state index contributed by atoms with van der Waals surface area (Å²) in [5.74, 6) is 1.03. The lowest BCUT2D eigenvalue weighted by atomic mass is 10.1. The van der Waals surface area contributed by atoms with Gasteiger partial charge in [-0.3, -0.25) is 9.69 Å². The number of carbonyl (C=O) groups is 1. The summed E-state index contributed by atoms with van der Waals surface area (Å²) in [6.07, 6.45) is 0.921. The third-order valence-electron chi connectivity index (χ3n) is 4.56. The zero-order valence-corrected chi connectivity index (χ0v) is 14.1. The van der Waals surface area contributed by atoms with Crippen LogP contribution in [0.15, 0.2) is 24.3 Å². The number of carbonyl (C=O) groups excluding carboxylic acids is 1. The van der Waals surface area contributed by atoms with Crippen LogP contribution >= 0.6 is 0 Å². The van der Waals surface area contributed by atoms with Crippen LogP contribution in [-0.2, 0) is 11.2 Å². The number of para-hydroxylation sites is 1. The van der Waals surface area contributed by atoms with Gasteiger partial charge in [0.25, 0.3) is 0 Å². The van der Waals surface area contributed by atoms with E-state index in [0.717, 1.165) is 54.0 Å². The molecule has 0 spiro atoms. The molecule has 0 bridgehead atoms. The monoisotopic (exact) mass is 312 g/mol. The minimum Gasteiger partial charge on any atom is -0.359 e. The Hall–Kier alpha value is -2.14. The summed E-state index contributed by atoms with van der Waals surface area (Å²) in [7, 11) is 2.05. The van der Waals surface area contributed by atoms with Crippen LogP contribution in [-0.4, -0.2) is 49.0 Å². The molecule has 0 atom stereocenters. The Balaban J connectivity index is 1.98. The molecule has 2 aromatic rings. The van der Waals surface area contributed by atoms with Gasteiger partial charge in [-0.2, -0.15) is 0 Å². The second-order valence-corrected chi connectivity index (χ2v) is 5.99. The summed E-state index contributed by atoms with van der Waals surface area (Å²) in [5, 5.41) is 4.18. The molecule has 0 unspecified atom stereocenters. The van der Waals surface area contributed by atoms with Crippen molar-refractivity contribution in [2.75, 3.05) is 43.4 Å². The number of anilines is 2. The molecule has 1 N–H and O–H groups in total. The van der Waals surface area contributed by atoms with E-state index in [1.807, 2.05) is 24.3 Å². The maximum atomic E-state index is 12.5. The highest BCUT2D eigenvalue weighted by atomic mass is 16.2. The second-order valence-electron chi connectivity index (χ2n) is 5.99. The van der Waals surface area contributed by atoms with Gasteiger partial charge in [0, 0.05) is 24.5 Å².